The van der Waals surface area contributed by atoms with Crippen LogP contribution in [0.2, 0.25) is 0 Å². The number of fused-ring (bicyclic) bond motifs is 1. The van der Waals surface area contributed by atoms with E-state index < -0.39 is 0 Å². The van der Waals surface area contributed by atoms with Crippen LogP contribution in [-0.2, 0) is 7.05 Å². The number of para-hydroxylation sites is 1. The van der Waals surface area contributed by atoms with E-state index in [-0.39, 0.29) is 5.56 Å². The van der Waals surface area contributed by atoms with Crippen LogP contribution in [0.15, 0.2) is 41.7 Å². The van der Waals surface area contributed by atoms with E-state index in [9.17, 15) is 4.79 Å². The van der Waals surface area contributed by atoms with Crippen LogP contribution in [0.25, 0.3) is 17.0 Å². The van der Waals surface area contributed by atoms with Crippen LogP contribution in [0.5, 0.6) is 0 Å². The second kappa shape index (κ2) is 3.14. The zero-order valence-corrected chi connectivity index (χ0v) is 8.03. The lowest BCUT2D eigenvalue weighted by Gasteiger charge is -2.05. The third-order valence-corrected chi connectivity index (χ3v) is 2.38. The molecule has 0 radical (unpaired) electrons. The van der Waals surface area contributed by atoms with Crippen LogP contribution in [-0.4, -0.2) is 4.57 Å². The molecule has 0 N–H and O–H groups in total. The number of hydrogen-bond acceptors (Lipinski definition) is 1. The van der Waals surface area contributed by atoms with Gasteiger partial charge in [-0.05, 0) is 17.5 Å². The quantitative estimate of drug-likeness (QED) is 0.667. The normalized spacial score (nSPS) is 10.4. The van der Waals surface area contributed by atoms with Gasteiger partial charge in [0, 0.05) is 12.6 Å². The van der Waals surface area contributed by atoms with Crippen LogP contribution >= 0.6 is 0 Å². The first-order chi connectivity index (χ1) is 6.74. The molecule has 2 nitrogen and oxygen atoms in total. The van der Waals surface area contributed by atoms with Crippen LogP contribution in [0.1, 0.15) is 5.56 Å². The summed E-state index contributed by atoms with van der Waals surface area (Å²) in [5, 5.41) is 1.06. The van der Waals surface area contributed by atoms with Crippen molar-refractivity contribution < 1.29 is 0 Å². The van der Waals surface area contributed by atoms with Gasteiger partial charge in [-0.25, -0.2) is 0 Å². The fraction of sp³-hybridized carbons (Fsp3) is 0.0833. The standard InChI is InChI=1S/C12H11NO/c1-3-9-8-10-6-4-5-7-11(10)13(2)12(9)14/h3-8H,1H2,2H3. The molecular formula is C12H11NO. The van der Waals surface area contributed by atoms with Gasteiger partial charge in [0.1, 0.15) is 0 Å². The Kier molecular flexibility index (Phi) is 1.97. The predicted molar refractivity (Wildman–Crippen MR) is 59.3 cm³/mol. The van der Waals surface area contributed by atoms with Gasteiger partial charge in [0.05, 0.1) is 5.52 Å². The van der Waals surface area contributed by atoms with E-state index in [1.54, 1.807) is 17.7 Å². The highest BCUT2D eigenvalue weighted by molar-refractivity contribution is 5.81. The number of pyridine rings is 1. The number of aromatic nitrogens is 1. The minimum atomic E-state index is -0.00120. The van der Waals surface area contributed by atoms with E-state index in [4.69, 9.17) is 0 Å². The second-order valence-electron chi connectivity index (χ2n) is 3.23. The lowest BCUT2D eigenvalue weighted by atomic mass is 10.1. The molecule has 0 amide bonds. The third kappa shape index (κ3) is 1.16. The highest BCUT2D eigenvalue weighted by Crippen LogP contribution is 2.12. The van der Waals surface area contributed by atoms with Gasteiger partial charge in [-0.3, -0.25) is 4.79 Å². The van der Waals surface area contributed by atoms with Crippen molar-refractivity contribution in [2.75, 3.05) is 0 Å². The van der Waals surface area contributed by atoms with Crippen molar-refractivity contribution in [3.8, 4) is 0 Å². The largest absolute Gasteiger partial charge is 0.311 e. The van der Waals surface area contributed by atoms with Crippen LogP contribution in [0.4, 0.5) is 0 Å². The van der Waals surface area contributed by atoms with E-state index in [0.717, 1.165) is 10.9 Å². The van der Waals surface area contributed by atoms with Crippen molar-refractivity contribution in [1.82, 2.24) is 4.57 Å². The molecule has 2 aromatic rings. The fourth-order valence-electron chi connectivity index (χ4n) is 1.59. The van der Waals surface area contributed by atoms with E-state index in [2.05, 4.69) is 6.58 Å². The molecule has 0 unspecified atom stereocenters. The van der Waals surface area contributed by atoms with E-state index in [0.29, 0.717) is 5.56 Å². The molecule has 2 heteroatoms. The molecule has 1 aromatic heterocycles. The van der Waals surface area contributed by atoms with Crippen molar-refractivity contribution in [3.05, 3.63) is 52.8 Å². The second-order valence-corrected chi connectivity index (χ2v) is 3.23. The summed E-state index contributed by atoms with van der Waals surface area (Å²) in [7, 11) is 1.78. The fourth-order valence-corrected chi connectivity index (χ4v) is 1.59. The SMILES string of the molecule is C=Cc1cc2ccccc2n(C)c1=O. The van der Waals surface area contributed by atoms with Gasteiger partial charge in [0.2, 0.25) is 0 Å². The van der Waals surface area contributed by atoms with E-state index >= 15 is 0 Å². The molecule has 0 spiro atoms. The van der Waals surface area contributed by atoms with Crippen LogP contribution in [0.3, 0.4) is 0 Å². The topological polar surface area (TPSA) is 22.0 Å². The number of benzene rings is 1. The summed E-state index contributed by atoms with van der Waals surface area (Å²) in [5.41, 5.74) is 1.59. The first-order valence-corrected chi connectivity index (χ1v) is 4.45. The molecule has 0 aliphatic carbocycles. The van der Waals surface area contributed by atoms with Crippen molar-refractivity contribution in [2.24, 2.45) is 7.05 Å². The summed E-state index contributed by atoms with van der Waals surface area (Å²) in [6, 6.07) is 9.67. The van der Waals surface area contributed by atoms with Gasteiger partial charge >= 0.3 is 0 Å². The van der Waals surface area contributed by atoms with E-state index in [1.807, 2.05) is 30.3 Å². The highest BCUT2D eigenvalue weighted by atomic mass is 16.1. The summed E-state index contributed by atoms with van der Waals surface area (Å²) in [4.78, 5) is 11.7. The summed E-state index contributed by atoms with van der Waals surface area (Å²) in [6.07, 6.45) is 1.59. The Morgan fingerprint density at radius 2 is 2.07 bits per heavy atom. The lowest BCUT2D eigenvalue weighted by Crippen LogP contribution is -2.18. The Balaban J connectivity index is 2.99. The van der Waals surface area contributed by atoms with Gasteiger partial charge in [-0.2, -0.15) is 0 Å². The smallest absolute Gasteiger partial charge is 0.258 e. The molecule has 0 aliphatic rings. The molecule has 0 saturated carbocycles. The van der Waals surface area contributed by atoms with Gasteiger partial charge in [-0.15, -0.1) is 0 Å². The molecule has 2 rings (SSSR count). The maximum Gasteiger partial charge on any atom is 0.258 e. The first-order valence-electron chi connectivity index (χ1n) is 4.45. The average Bonchev–Trinajstić information content (AvgIpc) is 2.23. The highest BCUT2D eigenvalue weighted by Gasteiger charge is 2.02. The Hall–Kier alpha value is -1.83. The maximum atomic E-state index is 11.7. The summed E-state index contributed by atoms with van der Waals surface area (Å²) in [6.45, 7) is 3.63. The number of aryl methyl sites for hydroxylation is 1. The predicted octanol–water partition coefficient (Wildman–Crippen LogP) is 2.18. The zero-order valence-electron chi connectivity index (χ0n) is 8.03. The minimum absolute atomic E-state index is 0.00120. The van der Waals surface area contributed by atoms with Gasteiger partial charge < -0.3 is 4.57 Å². The van der Waals surface area contributed by atoms with Gasteiger partial charge in [0.25, 0.3) is 5.56 Å². The lowest BCUT2D eigenvalue weighted by molar-refractivity contribution is 0.903. The molecule has 0 saturated heterocycles. The Morgan fingerprint density at radius 1 is 1.36 bits per heavy atom. The number of nitrogens with zero attached hydrogens (tertiary/aromatic N) is 1. The van der Waals surface area contributed by atoms with Crippen molar-refractivity contribution in [2.45, 2.75) is 0 Å². The molecule has 70 valence electrons. The zero-order chi connectivity index (χ0) is 10.1. The Labute approximate surface area is 82.1 Å². The van der Waals surface area contributed by atoms with Crippen molar-refractivity contribution >= 4 is 17.0 Å². The molecule has 14 heavy (non-hydrogen) atoms. The molecule has 1 aromatic carbocycles. The summed E-state index contributed by atoms with van der Waals surface area (Å²) in [5.74, 6) is 0. The van der Waals surface area contributed by atoms with Gasteiger partial charge in [-0.1, -0.05) is 30.9 Å². The van der Waals surface area contributed by atoms with Crippen LogP contribution in [0, 0.1) is 0 Å². The molecule has 0 atom stereocenters. The molecule has 0 aliphatic heterocycles. The van der Waals surface area contributed by atoms with Crippen LogP contribution < -0.4 is 5.56 Å². The van der Waals surface area contributed by atoms with Crippen molar-refractivity contribution in [3.63, 3.8) is 0 Å². The molecule has 0 bridgehead atoms. The molecular weight excluding hydrogens is 174 g/mol. The summed E-state index contributed by atoms with van der Waals surface area (Å²) >= 11 is 0. The monoisotopic (exact) mass is 185 g/mol. The molecule has 1 heterocycles. The maximum absolute atomic E-state index is 11.7. The number of hydrogen-bond donors (Lipinski definition) is 0. The Bertz CT molecular complexity index is 552. The number of rotatable bonds is 1. The molecule has 0 fully saturated rings. The minimum Gasteiger partial charge on any atom is -0.311 e. The van der Waals surface area contributed by atoms with E-state index in [1.165, 1.54) is 0 Å². The third-order valence-electron chi connectivity index (χ3n) is 2.38. The van der Waals surface area contributed by atoms with Gasteiger partial charge in [0.15, 0.2) is 0 Å². The average molecular weight is 185 g/mol. The van der Waals surface area contributed by atoms with Crippen molar-refractivity contribution in [1.29, 1.82) is 0 Å². The Morgan fingerprint density at radius 3 is 2.79 bits per heavy atom. The first kappa shape index (κ1) is 8.75. The summed E-state index contributed by atoms with van der Waals surface area (Å²) < 4.78 is 1.65.